The molecule has 3 rings (SSSR count). The molecule has 4 unspecified atom stereocenters. The predicted molar refractivity (Wildman–Crippen MR) is 89.9 cm³/mol. The van der Waals surface area contributed by atoms with Gasteiger partial charge in [0, 0.05) is 24.6 Å². The normalized spacial score (nSPS) is 26.7. The molecule has 4 heteroatoms. The second-order valence-electron chi connectivity index (χ2n) is 7.07. The van der Waals surface area contributed by atoms with Gasteiger partial charge in [-0.2, -0.15) is 0 Å². The maximum absolute atomic E-state index is 12.1. The zero-order valence-corrected chi connectivity index (χ0v) is 13.8. The minimum atomic E-state index is -0.125. The summed E-state index contributed by atoms with van der Waals surface area (Å²) in [6, 6.07) is 9.33. The van der Waals surface area contributed by atoms with Gasteiger partial charge in [-0.25, -0.2) is 0 Å². The molecule has 0 spiro atoms. The van der Waals surface area contributed by atoms with E-state index in [-0.39, 0.29) is 17.9 Å². The molecule has 0 aromatic heterocycles. The van der Waals surface area contributed by atoms with Crippen LogP contribution in [0.1, 0.15) is 49.4 Å². The van der Waals surface area contributed by atoms with Gasteiger partial charge in [0.25, 0.3) is 5.91 Å². The minimum absolute atomic E-state index is 0.0358. The van der Waals surface area contributed by atoms with Crippen LogP contribution < -0.4 is 10.6 Å². The Hall–Kier alpha value is -1.84. The number of amides is 2. The molecule has 2 aliphatic rings. The van der Waals surface area contributed by atoms with Gasteiger partial charge in [0.2, 0.25) is 5.91 Å². The van der Waals surface area contributed by atoms with Gasteiger partial charge in [-0.1, -0.05) is 24.6 Å². The third-order valence-corrected chi connectivity index (χ3v) is 5.50. The highest BCUT2D eigenvalue weighted by atomic mass is 16.2. The molecule has 0 saturated heterocycles. The van der Waals surface area contributed by atoms with Gasteiger partial charge < -0.3 is 10.6 Å². The maximum Gasteiger partial charge on any atom is 0.251 e. The highest BCUT2D eigenvalue weighted by Gasteiger charge is 2.42. The van der Waals surface area contributed by atoms with E-state index in [1.165, 1.54) is 25.7 Å². The Morgan fingerprint density at radius 2 is 1.96 bits per heavy atom. The van der Waals surface area contributed by atoms with E-state index in [1.54, 1.807) is 12.1 Å². The van der Waals surface area contributed by atoms with E-state index in [2.05, 4.69) is 17.6 Å². The van der Waals surface area contributed by atoms with Crippen LogP contribution in [0.25, 0.3) is 0 Å². The number of carbonyl (C=O) groups excluding carboxylic acids is 2. The summed E-state index contributed by atoms with van der Waals surface area (Å²) in [7, 11) is 0. The highest BCUT2D eigenvalue weighted by Crippen LogP contribution is 2.49. The van der Waals surface area contributed by atoms with Crippen molar-refractivity contribution >= 4 is 11.8 Å². The first-order chi connectivity index (χ1) is 11.1. The summed E-state index contributed by atoms with van der Waals surface area (Å²) in [6.07, 6.45) is 5.69. The fourth-order valence-electron chi connectivity index (χ4n) is 4.32. The SMILES string of the molecule is CC(NC(=O)CCNC(=O)c1ccccc1)C1CC2CCC1C2. The van der Waals surface area contributed by atoms with E-state index < -0.39 is 0 Å². The zero-order chi connectivity index (χ0) is 16.2. The number of rotatable bonds is 6. The van der Waals surface area contributed by atoms with Crippen molar-refractivity contribution in [2.45, 2.75) is 45.1 Å². The van der Waals surface area contributed by atoms with E-state index >= 15 is 0 Å². The average Bonchev–Trinajstić information content (AvgIpc) is 3.18. The Bertz CT molecular complexity index is 558. The van der Waals surface area contributed by atoms with Crippen molar-refractivity contribution in [2.75, 3.05) is 6.54 Å². The smallest absolute Gasteiger partial charge is 0.251 e. The summed E-state index contributed by atoms with van der Waals surface area (Å²) in [4.78, 5) is 24.0. The van der Waals surface area contributed by atoms with Crippen LogP contribution in [0.5, 0.6) is 0 Å². The molecule has 23 heavy (non-hydrogen) atoms. The molecule has 2 bridgehead atoms. The van der Waals surface area contributed by atoms with E-state index in [1.807, 2.05) is 18.2 Å². The predicted octanol–water partition coefficient (Wildman–Crippen LogP) is 2.75. The molecule has 124 valence electrons. The minimum Gasteiger partial charge on any atom is -0.353 e. The van der Waals surface area contributed by atoms with E-state index in [0.717, 1.165) is 11.8 Å². The summed E-state index contributed by atoms with van der Waals surface area (Å²) in [5.74, 6) is 2.27. The van der Waals surface area contributed by atoms with Crippen molar-refractivity contribution in [1.29, 1.82) is 0 Å². The van der Waals surface area contributed by atoms with Gasteiger partial charge in [0.15, 0.2) is 0 Å². The molecule has 2 aliphatic carbocycles. The number of hydrogen-bond donors (Lipinski definition) is 2. The van der Waals surface area contributed by atoms with Gasteiger partial charge in [-0.15, -0.1) is 0 Å². The second kappa shape index (κ2) is 7.16. The number of fused-ring (bicyclic) bond motifs is 2. The third kappa shape index (κ3) is 3.92. The third-order valence-electron chi connectivity index (χ3n) is 5.50. The fraction of sp³-hybridized carbons (Fsp3) is 0.579. The number of hydrogen-bond acceptors (Lipinski definition) is 2. The van der Waals surface area contributed by atoms with E-state index in [9.17, 15) is 9.59 Å². The largest absolute Gasteiger partial charge is 0.353 e. The summed E-state index contributed by atoms with van der Waals surface area (Å²) in [6.45, 7) is 2.51. The van der Waals surface area contributed by atoms with E-state index in [4.69, 9.17) is 0 Å². The van der Waals surface area contributed by atoms with Crippen LogP contribution in [0.4, 0.5) is 0 Å². The summed E-state index contributed by atoms with van der Waals surface area (Å²) < 4.78 is 0. The summed E-state index contributed by atoms with van der Waals surface area (Å²) >= 11 is 0. The van der Waals surface area contributed by atoms with Crippen LogP contribution in [0.3, 0.4) is 0 Å². The highest BCUT2D eigenvalue weighted by molar-refractivity contribution is 5.94. The van der Waals surface area contributed by atoms with Crippen LogP contribution in [0.15, 0.2) is 30.3 Å². The Kier molecular flexibility index (Phi) is 4.99. The lowest BCUT2D eigenvalue weighted by molar-refractivity contribution is -0.122. The lowest BCUT2D eigenvalue weighted by Crippen LogP contribution is -2.41. The van der Waals surface area contributed by atoms with Gasteiger partial charge >= 0.3 is 0 Å². The molecule has 4 nitrogen and oxygen atoms in total. The summed E-state index contributed by atoms with van der Waals surface area (Å²) in [5.41, 5.74) is 0.628. The molecule has 0 aliphatic heterocycles. The van der Waals surface area contributed by atoms with Crippen molar-refractivity contribution < 1.29 is 9.59 Å². The van der Waals surface area contributed by atoms with Crippen LogP contribution in [0, 0.1) is 17.8 Å². The Morgan fingerprint density at radius 3 is 2.61 bits per heavy atom. The first-order valence-electron chi connectivity index (χ1n) is 8.76. The zero-order valence-electron chi connectivity index (χ0n) is 13.8. The molecule has 2 saturated carbocycles. The second-order valence-corrected chi connectivity index (χ2v) is 7.07. The quantitative estimate of drug-likeness (QED) is 0.848. The van der Waals surface area contributed by atoms with Gasteiger partial charge in [0.1, 0.15) is 0 Å². The van der Waals surface area contributed by atoms with Crippen molar-refractivity contribution in [3.8, 4) is 0 Å². The van der Waals surface area contributed by atoms with Gasteiger partial charge in [0.05, 0.1) is 0 Å². The summed E-state index contributed by atoms with van der Waals surface area (Å²) in [5, 5.41) is 5.93. The Labute approximate surface area is 138 Å². The average molecular weight is 314 g/mol. The van der Waals surface area contributed by atoms with Crippen LogP contribution >= 0.6 is 0 Å². The van der Waals surface area contributed by atoms with Crippen LogP contribution in [0.2, 0.25) is 0 Å². The van der Waals surface area contributed by atoms with Crippen LogP contribution in [-0.2, 0) is 4.79 Å². The number of benzene rings is 1. The molecule has 2 fully saturated rings. The topological polar surface area (TPSA) is 58.2 Å². The Balaban J connectivity index is 1.37. The molecule has 2 N–H and O–H groups in total. The maximum atomic E-state index is 12.1. The first kappa shape index (κ1) is 16.0. The molecule has 1 aromatic carbocycles. The van der Waals surface area contributed by atoms with Crippen molar-refractivity contribution in [1.82, 2.24) is 10.6 Å². The van der Waals surface area contributed by atoms with Crippen molar-refractivity contribution in [3.05, 3.63) is 35.9 Å². The lowest BCUT2D eigenvalue weighted by Gasteiger charge is -2.28. The van der Waals surface area contributed by atoms with Crippen LogP contribution in [-0.4, -0.2) is 24.4 Å². The van der Waals surface area contributed by atoms with Crippen molar-refractivity contribution in [2.24, 2.45) is 17.8 Å². The van der Waals surface area contributed by atoms with Gasteiger partial charge in [-0.05, 0) is 56.1 Å². The van der Waals surface area contributed by atoms with Gasteiger partial charge in [-0.3, -0.25) is 9.59 Å². The number of carbonyl (C=O) groups is 2. The van der Waals surface area contributed by atoms with Crippen molar-refractivity contribution in [3.63, 3.8) is 0 Å². The first-order valence-corrected chi connectivity index (χ1v) is 8.76. The monoisotopic (exact) mass is 314 g/mol. The standard InChI is InChI=1S/C19H26N2O2/c1-13(17-12-14-7-8-16(17)11-14)21-18(22)9-10-20-19(23)15-5-3-2-4-6-15/h2-6,13-14,16-17H,7-12H2,1H3,(H,20,23)(H,21,22). The molecule has 0 radical (unpaired) electrons. The fourth-order valence-corrected chi connectivity index (χ4v) is 4.32. The lowest BCUT2D eigenvalue weighted by atomic mass is 9.84. The molecule has 2 amide bonds. The molecular formula is C19H26N2O2. The molecule has 0 heterocycles. The Morgan fingerprint density at radius 1 is 1.17 bits per heavy atom. The van der Waals surface area contributed by atoms with E-state index in [0.29, 0.717) is 24.4 Å². The molecular weight excluding hydrogens is 288 g/mol. The molecule has 1 aromatic rings. The number of nitrogens with one attached hydrogen (secondary N) is 2. The molecule has 4 atom stereocenters.